The molecule has 0 saturated heterocycles. The molecule has 9 nitrogen and oxygen atoms in total. The Morgan fingerprint density at radius 2 is 1.14 bits per heavy atom. The third-order valence-electron chi connectivity index (χ3n) is 7.96. The standard InChI is InChI=1S/C40H72NO8P/c1-4-6-8-10-12-14-16-17-18-19-20-21-23-25-27-29-31-33-40(43)49-38(37-48-50(44,45)47-35-34-41-3)36-46-39(42)32-30-28-26-24-22-15-13-11-9-7-5-2/h6,8,12,14,17-18,20-21,38,41H,4-5,7,9-11,13,15-16,19,22-37H2,1-3H3,(H,44,45)/b8-6-,14-12-,18-17-,21-20-. The van der Waals surface area contributed by atoms with Crippen LogP contribution >= 0.6 is 7.82 Å². The molecule has 10 heteroatoms. The molecule has 2 unspecified atom stereocenters. The summed E-state index contributed by atoms with van der Waals surface area (Å²) in [6.07, 6.45) is 38.7. The predicted octanol–water partition coefficient (Wildman–Crippen LogP) is 10.6. The Balaban J connectivity index is 4.33. The number of phosphoric acid groups is 1. The van der Waals surface area contributed by atoms with Crippen molar-refractivity contribution in [2.75, 3.05) is 33.4 Å². The molecule has 0 aromatic carbocycles. The van der Waals surface area contributed by atoms with Crippen molar-refractivity contribution < 1.29 is 37.6 Å². The third-order valence-corrected chi connectivity index (χ3v) is 8.95. The van der Waals surface area contributed by atoms with Gasteiger partial charge in [-0.05, 0) is 58.4 Å². The van der Waals surface area contributed by atoms with Gasteiger partial charge in [0.05, 0.1) is 13.2 Å². The Labute approximate surface area is 305 Å². The molecule has 0 aromatic rings. The smallest absolute Gasteiger partial charge is 0.462 e. The number of ether oxygens (including phenoxy) is 2. The van der Waals surface area contributed by atoms with Crippen LogP contribution in [0.15, 0.2) is 48.6 Å². The second-order valence-corrected chi connectivity index (χ2v) is 14.2. The summed E-state index contributed by atoms with van der Waals surface area (Å²) in [5, 5.41) is 2.81. The van der Waals surface area contributed by atoms with E-state index in [0.717, 1.165) is 70.6 Å². The van der Waals surface area contributed by atoms with E-state index in [4.69, 9.17) is 18.5 Å². The van der Waals surface area contributed by atoms with Crippen LogP contribution in [0.3, 0.4) is 0 Å². The molecule has 0 radical (unpaired) electrons. The van der Waals surface area contributed by atoms with Crippen molar-refractivity contribution in [2.45, 2.75) is 161 Å². The van der Waals surface area contributed by atoms with Gasteiger partial charge in [0.1, 0.15) is 6.61 Å². The second-order valence-electron chi connectivity index (χ2n) is 12.7. The van der Waals surface area contributed by atoms with Crippen molar-refractivity contribution in [3.05, 3.63) is 48.6 Å². The number of hydrogen-bond acceptors (Lipinski definition) is 8. The third kappa shape index (κ3) is 35.8. The Kier molecular flexibility index (Phi) is 35.3. The second kappa shape index (κ2) is 36.8. The lowest BCUT2D eigenvalue weighted by Gasteiger charge is -2.20. The number of nitrogens with one attached hydrogen (secondary N) is 1. The van der Waals surface area contributed by atoms with Gasteiger partial charge in [0.15, 0.2) is 6.10 Å². The maximum Gasteiger partial charge on any atom is 0.472 e. The van der Waals surface area contributed by atoms with Crippen LogP contribution in [0.5, 0.6) is 0 Å². The first-order valence-corrected chi connectivity index (χ1v) is 21.1. The van der Waals surface area contributed by atoms with E-state index in [0.29, 0.717) is 13.0 Å². The highest BCUT2D eigenvalue weighted by atomic mass is 31.2. The van der Waals surface area contributed by atoms with E-state index < -0.39 is 26.5 Å². The minimum atomic E-state index is -4.35. The molecule has 2 N–H and O–H groups in total. The summed E-state index contributed by atoms with van der Waals surface area (Å²) >= 11 is 0. The van der Waals surface area contributed by atoms with Crippen LogP contribution in [0.1, 0.15) is 155 Å². The number of allylic oxidation sites excluding steroid dienone is 8. The molecule has 0 bridgehead atoms. The topological polar surface area (TPSA) is 120 Å². The van der Waals surface area contributed by atoms with Crippen LogP contribution in [0, 0.1) is 0 Å². The van der Waals surface area contributed by atoms with Crippen molar-refractivity contribution in [3.63, 3.8) is 0 Å². The van der Waals surface area contributed by atoms with Gasteiger partial charge < -0.3 is 19.7 Å². The Morgan fingerprint density at radius 1 is 0.640 bits per heavy atom. The van der Waals surface area contributed by atoms with Crippen LogP contribution < -0.4 is 5.32 Å². The molecule has 0 amide bonds. The zero-order valence-electron chi connectivity index (χ0n) is 31.8. The van der Waals surface area contributed by atoms with E-state index in [1.165, 1.54) is 51.4 Å². The average Bonchev–Trinajstić information content (AvgIpc) is 3.09. The average molecular weight is 726 g/mol. The Hall–Kier alpha value is -2.03. The monoisotopic (exact) mass is 725 g/mol. The van der Waals surface area contributed by atoms with E-state index in [9.17, 15) is 19.0 Å². The quantitative estimate of drug-likeness (QED) is 0.0281. The molecule has 0 aromatic heterocycles. The first kappa shape index (κ1) is 48.0. The molecule has 290 valence electrons. The molecule has 0 fully saturated rings. The summed E-state index contributed by atoms with van der Waals surface area (Å²) in [6, 6.07) is 0. The molecule has 0 heterocycles. The molecular formula is C40H72NO8P. The molecule has 0 aliphatic carbocycles. The minimum absolute atomic E-state index is 0.0229. The predicted molar refractivity (Wildman–Crippen MR) is 206 cm³/mol. The molecule has 0 saturated carbocycles. The van der Waals surface area contributed by atoms with E-state index in [-0.39, 0.29) is 32.0 Å². The van der Waals surface area contributed by atoms with Crippen LogP contribution in [-0.4, -0.2) is 56.3 Å². The SMILES string of the molecule is CC/C=C\C/C=C\C/C=C\C/C=C\CCCCCCC(=O)OC(COC(=O)CCCCCCCCCCCCC)COP(=O)(O)OCCNC. The summed E-state index contributed by atoms with van der Waals surface area (Å²) in [5.41, 5.74) is 0. The van der Waals surface area contributed by atoms with E-state index in [2.05, 4.69) is 67.8 Å². The summed E-state index contributed by atoms with van der Waals surface area (Å²) in [6.45, 7) is 4.06. The van der Waals surface area contributed by atoms with Crippen LogP contribution in [-0.2, 0) is 32.7 Å². The fraction of sp³-hybridized carbons (Fsp3) is 0.750. The number of hydrogen-bond donors (Lipinski definition) is 2. The lowest BCUT2D eigenvalue weighted by Crippen LogP contribution is -2.29. The van der Waals surface area contributed by atoms with Gasteiger partial charge in [-0.3, -0.25) is 18.6 Å². The van der Waals surface area contributed by atoms with Gasteiger partial charge in [0.2, 0.25) is 0 Å². The van der Waals surface area contributed by atoms with Gasteiger partial charge in [0.25, 0.3) is 0 Å². The maximum absolute atomic E-state index is 12.6. The van der Waals surface area contributed by atoms with Crippen molar-refractivity contribution in [1.82, 2.24) is 5.32 Å². The van der Waals surface area contributed by atoms with Gasteiger partial charge in [0, 0.05) is 19.4 Å². The normalized spacial score (nSPS) is 13.9. The largest absolute Gasteiger partial charge is 0.472 e. The van der Waals surface area contributed by atoms with Gasteiger partial charge >= 0.3 is 19.8 Å². The van der Waals surface area contributed by atoms with Crippen LogP contribution in [0.25, 0.3) is 0 Å². The van der Waals surface area contributed by atoms with E-state index >= 15 is 0 Å². The van der Waals surface area contributed by atoms with Gasteiger partial charge in [-0.1, -0.05) is 140 Å². The number of unbranched alkanes of at least 4 members (excludes halogenated alkanes) is 14. The minimum Gasteiger partial charge on any atom is -0.462 e. The molecule has 0 rings (SSSR count). The number of esters is 2. The zero-order valence-corrected chi connectivity index (χ0v) is 32.7. The van der Waals surface area contributed by atoms with Crippen LogP contribution in [0.2, 0.25) is 0 Å². The number of likely N-dealkylation sites (N-methyl/N-ethyl adjacent to an activating group) is 1. The fourth-order valence-corrected chi connectivity index (χ4v) is 5.76. The molecule has 0 spiro atoms. The van der Waals surface area contributed by atoms with E-state index in [1.807, 2.05) is 0 Å². The summed E-state index contributed by atoms with van der Waals surface area (Å²) in [4.78, 5) is 34.9. The number of rotatable bonds is 36. The molecule has 0 aliphatic rings. The fourth-order valence-electron chi connectivity index (χ4n) is 5.01. The molecule has 50 heavy (non-hydrogen) atoms. The number of phosphoric ester groups is 1. The lowest BCUT2D eigenvalue weighted by molar-refractivity contribution is -0.161. The van der Waals surface area contributed by atoms with Crippen molar-refractivity contribution in [3.8, 4) is 0 Å². The Morgan fingerprint density at radius 3 is 1.70 bits per heavy atom. The summed E-state index contributed by atoms with van der Waals surface area (Å²) in [7, 11) is -2.66. The number of carbonyl (C=O) groups is 2. The van der Waals surface area contributed by atoms with Gasteiger partial charge in [-0.25, -0.2) is 4.57 Å². The number of carbonyl (C=O) groups excluding carboxylic acids is 2. The Bertz CT molecular complexity index is 965. The van der Waals surface area contributed by atoms with Crippen molar-refractivity contribution in [2.24, 2.45) is 0 Å². The van der Waals surface area contributed by atoms with Gasteiger partial charge in [-0.2, -0.15) is 0 Å². The van der Waals surface area contributed by atoms with Crippen molar-refractivity contribution >= 4 is 19.8 Å². The lowest BCUT2D eigenvalue weighted by atomic mass is 10.1. The van der Waals surface area contributed by atoms with Crippen molar-refractivity contribution in [1.29, 1.82) is 0 Å². The summed E-state index contributed by atoms with van der Waals surface area (Å²) in [5.74, 6) is -0.837. The zero-order chi connectivity index (χ0) is 36.8. The first-order chi connectivity index (χ1) is 24.3. The highest BCUT2D eigenvalue weighted by Crippen LogP contribution is 2.43. The van der Waals surface area contributed by atoms with Crippen LogP contribution in [0.4, 0.5) is 0 Å². The maximum atomic E-state index is 12.6. The molecular weight excluding hydrogens is 653 g/mol. The summed E-state index contributed by atoms with van der Waals surface area (Å²) < 4.78 is 33.0. The molecule has 2 atom stereocenters. The first-order valence-electron chi connectivity index (χ1n) is 19.6. The van der Waals surface area contributed by atoms with Gasteiger partial charge in [-0.15, -0.1) is 0 Å². The molecule has 0 aliphatic heterocycles. The van der Waals surface area contributed by atoms with E-state index in [1.54, 1.807) is 7.05 Å². The highest BCUT2D eigenvalue weighted by Gasteiger charge is 2.26. The highest BCUT2D eigenvalue weighted by molar-refractivity contribution is 7.47.